The van der Waals surface area contributed by atoms with E-state index in [1.807, 2.05) is 40.7 Å². The van der Waals surface area contributed by atoms with E-state index >= 15 is 0 Å². The highest BCUT2D eigenvalue weighted by atomic mass is 16.7. The highest BCUT2D eigenvalue weighted by Gasteiger charge is 2.52. The summed E-state index contributed by atoms with van der Waals surface area (Å²) in [5.41, 5.74) is 8.42. The Kier molecular flexibility index (Phi) is 4.28. The van der Waals surface area contributed by atoms with Crippen molar-refractivity contribution in [1.29, 1.82) is 0 Å². The van der Waals surface area contributed by atoms with Gasteiger partial charge in [-0.2, -0.15) is 0 Å². The van der Waals surface area contributed by atoms with Gasteiger partial charge in [0, 0.05) is 5.69 Å². The normalized spacial score (nSPS) is 19.3. The van der Waals surface area contributed by atoms with Crippen molar-refractivity contribution in [2.45, 2.75) is 52.2 Å². The molecule has 2 N–H and O–H groups in total. The first-order chi connectivity index (χ1) is 10.1. The Balaban J connectivity index is 2.37. The lowest BCUT2D eigenvalue weighted by atomic mass is 9.75. The Morgan fingerprint density at radius 1 is 1.23 bits per heavy atom. The molecule has 5 nitrogen and oxygen atoms in total. The summed E-state index contributed by atoms with van der Waals surface area (Å²) in [6.07, 6.45) is 0.174. The second-order valence-corrected chi connectivity index (χ2v) is 6.74. The fourth-order valence-electron chi connectivity index (χ4n) is 2.38. The summed E-state index contributed by atoms with van der Waals surface area (Å²) in [6, 6.07) is 3.70. The topological polar surface area (TPSA) is 70.8 Å². The molecule has 0 unspecified atom stereocenters. The number of methoxy groups -OCH3 is 1. The fourth-order valence-corrected chi connectivity index (χ4v) is 2.38. The number of anilines is 1. The van der Waals surface area contributed by atoms with Crippen LogP contribution < -0.4 is 11.2 Å². The summed E-state index contributed by atoms with van der Waals surface area (Å²) in [5, 5.41) is 0. The molecule has 1 aromatic carbocycles. The second kappa shape index (κ2) is 5.59. The zero-order valence-corrected chi connectivity index (χ0v) is 14.1. The maximum Gasteiger partial charge on any atom is 0.495 e. The number of benzene rings is 1. The molecule has 0 aliphatic carbocycles. The lowest BCUT2D eigenvalue weighted by Gasteiger charge is -2.32. The monoisotopic (exact) mass is 305 g/mol. The van der Waals surface area contributed by atoms with Crippen molar-refractivity contribution in [3.8, 4) is 0 Å². The van der Waals surface area contributed by atoms with Crippen LogP contribution in [-0.4, -0.2) is 31.4 Å². The molecule has 0 amide bonds. The number of esters is 1. The van der Waals surface area contributed by atoms with E-state index in [-0.39, 0.29) is 12.4 Å². The van der Waals surface area contributed by atoms with Gasteiger partial charge < -0.3 is 19.8 Å². The van der Waals surface area contributed by atoms with Crippen molar-refractivity contribution in [2.24, 2.45) is 0 Å². The van der Waals surface area contributed by atoms with Crippen molar-refractivity contribution in [1.82, 2.24) is 0 Å². The molecule has 0 radical (unpaired) electrons. The molecule has 6 heteroatoms. The summed E-state index contributed by atoms with van der Waals surface area (Å²) < 4.78 is 16.9. The third kappa shape index (κ3) is 2.98. The van der Waals surface area contributed by atoms with Crippen LogP contribution in [0.1, 0.15) is 38.8 Å². The molecule has 0 saturated carbocycles. The van der Waals surface area contributed by atoms with E-state index < -0.39 is 18.3 Å². The SMILES string of the molecule is COC(=O)Cc1cc(N)c(C)c(B2OC(C)(C)C(C)(C)O2)c1. The molecule has 0 bridgehead atoms. The molecule has 1 saturated heterocycles. The first-order valence-electron chi connectivity index (χ1n) is 7.39. The summed E-state index contributed by atoms with van der Waals surface area (Å²) in [4.78, 5) is 11.5. The number of carbonyl (C=O) groups is 1. The minimum absolute atomic E-state index is 0.174. The molecule has 1 aliphatic rings. The number of nitrogens with two attached hydrogens (primary N) is 1. The number of ether oxygens (including phenoxy) is 1. The molecule has 1 fully saturated rings. The van der Waals surface area contributed by atoms with E-state index in [1.54, 1.807) is 6.07 Å². The van der Waals surface area contributed by atoms with Crippen LogP contribution >= 0.6 is 0 Å². The van der Waals surface area contributed by atoms with Gasteiger partial charge in [0.05, 0.1) is 24.7 Å². The van der Waals surface area contributed by atoms with Gasteiger partial charge in [-0.25, -0.2) is 0 Å². The molecule has 22 heavy (non-hydrogen) atoms. The molecule has 2 rings (SSSR count). The Morgan fingerprint density at radius 2 is 1.77 bits per heavy atom. The lowest BCUT2D eigenvalue weighted by Crippen LogP contribution is -2.41. The molecule has 1 aliphatic heterocycles. The van der Waals surface area contributed by atoms with Crippen molar-refractivity contribution < 1.29 is 18.8 Å². The minimum atomic E-state index is -0.495. The molecule has 1 heterocycles. The number of nitrogen functional groups attached to an aromatic ring is 1. The van der Waals surface area contributed by atoms with Crippen LogP contribution in [0.5, 0.6) is 0 Å². The van der Waals surface area contributed by atoms with E-state index in [0.717, 1.165) is 16.6 Å². The second-order valence-electron chi connectivity index (χ2n) is 6.74. The van der Waals surface area contributed by atoms with E-state index in [1.165, 1.54) is 7.11 Å². The quantitative estimate of drug-likeness (QED) is 0.522. The van der Waals surface area contributed by atoms with Gasteiger partial charge in [0.25, 0.3) is 0 Å². The smallest absolute Gasteiger partial charge is 0.469 e. The van der Waals surface area contributed by atoms with E-state index in [4.69, 9.17) is 19.8 Å². The van der Waals surface area contributed by atoms with Gasteiger partial charge in [0.1, 0.15) is 0 Å². The zero-order valence-electron chi connectivity index (χ0n) is 14.1. The highest BCUT2D eigenvalue weighted by molar-refractivity contribution is 6.62. The van der Waals surface area contributed by atoms with Gasteiger partial charge in [0.15, 0.2) is 0 Å². The van der Waals surface area contributed by atoms with E-state index in [0.29, 0.717) is 5.69 Å². The summed E-state index contributed by atoms with van der Waals surface area (Å²) in [6.45, 7) is 9.94. The first-order valence-corrected chi connectivity index (χ1v) is 7.39. The molecule has 1 aromatic rings. The van der Waals surface area contributed by atoms with Gasteiger partial charge in [0.2, 0.25) is 0 Å². The van der Waals surface area contributed by atoms with E-state index in [2.05, 4.69) is 0 Å². The molecule has 0 aromatic heterocycles. The molecule has 0 spiro atoms. The number of rotatable bonds is 3. The molecular weight excluding hydrogens is 281 g/mol. The standard InChI is InChI=1S/C16H24BNO4/c1-10-12(17-21-15(2,3)16(4,5)22-17)7-11(8-13(10)18)9-14(19)20-6/h7-8H,9,18H2,1-6H3. The van der Waals surface area contributed by atoms with Gasteiger partial charge in [-0.05, 0) is 57.3 Å². The molecular formula is C16H24BNO4. The van der Waals surface area contributed by atoms with Crippen molar-refractivity contribution in [2.75, 3.05) is 12.8 Å². The van der Waals surface area contributed by atoms with Crippen LogP contribution in [0.15, 0.2) is 12.1 Å². The van der Waals surface area contributed by atoms with Gasteiger partial charge in [-0.1, -0.05) is 6.07 Å². The Hall–Kier alpha value is -1.53. The van der Waals surface area contributed by atoms with Crippen molar-refractivity contribution >= 4 is 24.2 Å². The van der Waals surface area contributed by atoms with Gasteiger partial charge >= 0.3 is 13.1 Å². The molecule has 120 valence electrons. The summed E-state index contributed by atoms with van der Waals surface area (Å²) in [5.74, 6) is -0.303. The van der Waals surface area contributed by atoms with Crippen molar-refractivity contribution in [3.05, 3.63) is 23.3 Å². The largest absolute Gasteiger partial charge is 0.495 e. The van der Waals surface area contributed by atoms with Crippen LogP contribution in [0.4, 0.5) is 5.69 Å². The maximum absolute atomic E-state index is 11.5. The predicted molar refractivity (Wildman–Crippen MR) is 87.0 cm³/mol. The van der Waals surface area contributed by atoms with Crippen LogP contribution in [0.25, 0.3) is 0 Å². The summed E-state index contributed by atoms with van der Waals surface area (Å²) >= 11 is 0. The Morgan fingerprint density at radius 3 is 2.27 bits per heavy atom. The minimum Gasteiger partial charge on any atom is -0.469 e. The predicted octanol–water partition coefficient (Wildman–Crippen LogP) is 1.59. The Labute approximate surface area is 132 Å². The van der Waals surface area contributed by atoms with Crippen LogP contribution in [-0.2, 0) is 25.3 Å². The van der Waals surface area contributed by atoms with Crippen LogP contribution in [0.2, 0.25) is 0 Å². The number of hydrogen-bond donors (Lipinski definition) is 1. The average Bonchev–Trinajstić information content (AvgIpc) is 2.62. The third-order valence-electron chi connectivity index (χ3n) is 4.63. The lowest BCUT2D eigenvalue weighted by molar-refractivity contribution is -0.139. The number of carbonyl (C=O) groups excluding carboxylic acids is 1. The van der Waals surface area contributed by atoms with E-state index in [9.17, 15) is 4.79 Å². The Bertz CT molecular complexity index is 582. The summed E-state index contributed by atoms with van der Waals surface area (Å²) in [7, 11) is 0.875. The van der Waals surface area contributed by atoms with Gasteiger partial charge in [-0.15, -0.1) is 0 Å². The molecule has 0 atom stereocenters. The van der Waals surface area contributed by atoms with Gasteiger partial charge in [-0.3, -0.25) is 4.79 Å². The fraction of sp³-hybridized carbons (Fsp3) is 0.562. The average molecular weight is 305 g/mol. The van der Waals surface area contributed by atoms with Crippen LogP contribution in [0.3, 0.4) is 0 Å². The van der Waals surface area contributed by atoms with Crippen LogP contribution in [0, 0.1) is 6.92 Å². The number of hydrogen-bond acceptors (Lipinski definition) is 5. The highest BCUT2D eigenvalue weighted by Crippen LogP contribution is 2.37. The zero-order chi connectivity index (χ0) is 16.7. The van der Waals surface area contributed by atoms with Crippen molar-refractivity contribution in [3.63, 3.8) is 0 Å². The maximum atomic E-state index is 11.5. The third-order valence-corrected chi connectivity index (χ3v) is 4.63. The first kappa shape index (κ1) is 16.8.